The van der Waals surface area contributed by atoms with Gasteiger partial charge in [-0.05, 0) is 43.3 Å². The molecule has 0 spiro atoms. The second kappa shape index (κ2) is 7.75. The van der Waals surface area contributed by atoms with Crippen LogP contribution in [0.1, 0.15) is 5.69 Å². The lowest BCUT2D eigenvalue weighted by atomic mass is 10.1. The summed E-state index contributed by atoms with van der Waals surface area (Å²) in [5.74, 6) is 2.41. The molecule has 0 saturated heterocycles. The summed E-state index contributed by atoms with van der Waals surface area (Å²) in [6, 6.07) is 15.5. The van der Waals surface area contributed by atoms with E-state index in [0.29, 0.717) is 13.2 Å². The second-order valence-electron chi connectivity index (χ2n) is 5.62. The Balaban J connectivity index is 1.66. The van der Waals surface area contributed by atoms with Crippen molar-refractivity contribution in [1.29, 1.82) is 0 Å². The molecule has 0 atom stereocenters. The van der Waals surface area contributed by atoms with Crippen LogP contribution in [-0.4, -0.2) is 32.4 Å². The molecule has 0 fully saturated rings. The molecule has 5 nitrogen and oxygen atoms in total. The molecule has 0 aliphatic rings. The summed E-state index contributed by atoms with van der Waals surface area (Å²) in [5, 5.41) is 4.46. The molecule has 25 heavy (non-hydrogen) atoms. The fourth-order valence-electron chi connectivity index (χ4n) is 2.69. The van der Waals surface area contributed by atoms with E-state index in [1.54, 1.807) is 14.2 Å². The molecule has 1 heterocycles. The van der Waals surface area contributed by atoms with Crippen LogP contribution in [0.15, 0.2) is 48.5 Å². The van der Waals surface area contributed by atoms with Crippen molar-refractivity contribution in [2.24, 2.45) is 0 Å². The summed E-state index contributed by atoms with van der Waals surface area (Å²) in [5.41, 5.74) is 2.83. The Morgan fingerprint density at radius 3 is 2.44 bits per heavy atom. The van der Waals surface area contributed by atoms with Gasteiger partial charge in [-0.2, -0.15) is 0 Å². The fraction of sp³-hybridized carbons (Fsp3) is 0.250. The summed E-state index contributed by atoms with van der Waals surface area (Å²) in [7, 11) is 3.31. The van der Waals surface area contributed by atoms with Gasteiger partial charge in [-0.15, -0.1) is 0 Å². The summed E-state index contributed by atoms with van der Waals surface area (Å²) >= 11 is 0. The van der Waals surface area contributed by atoms with Crippen LogP contribution in [0.25, 0.3) is 10.9 Å². The monoisotopic (exact) mass is 338 g/mol. The van der Waals surface area contributed by atoms with Crippen LogP contribution in [-0.2, 0) is 0 Å². The Morgan fingerprint density at radius 2 is 1.72 bits per heavy atom. The van der Waals surface area contributed by atoms with Gasteiger partial charge in [0.2, 0.25) is 0 Å². The van der Waals surface area contributed by atoms with Crippen LogP contribution < -0.4 is 19.5 Å². The fourth-order valence-corrected chi connectivity index (χ4v) is 2.69. The number of para-hydroxylation sites is 1. The van der Waals surface area contributed by atoms with Gasteiger partial charge in [0.05, 0.1) is 14.2 Å². The molecule has 0 unspecified atom stereocenters. The van der Waals surface area contributed by atoms with E-state index in [4.69, 9.17) is 14.2 Å². The highest BCUT2D eigenvalue weighted by Gasteiger charge is 2.08. The van der Waals surface area contributed by atoms with Crippen molar-refractivity contribution in [3.63, 3.8) is 0 Å². The highest BCUT2D eigenvalue weighted by Crippen LogP contribution is 2.29. The molecule has 5 heteroatoms. The number of rotatable bonds is 7. The number of aryl methyl sites for hydroxylation is 1. The van der Waals surface area contributed by atoms with Crippen LogP contribution in [0.2, 0.25) is 0 Å². The van der Waals surface area contributed by atoms with Crippen molar-refractivity contribution in [1.82, 2.24) is 4.98 Å². The van der Waals surface area contributed by atoms with E-state index in [9.17, 15) is 0 Å². The lowest BCUT2D eigenvalue weighted by Crippen LogP contribution is -2.12. The maximum atomic E-state index is 5.76. The first-order valence-electron chi connectivity index (χ1n) is 8.16. The number of benzene rings is 2. The summed E-state index contributed by atoms with van der Waals surface area (Å²) in [4.78, 5) is 4.59. The average Bonchev–Trinajstić information content (AvgIpc) is 2.65. The molecule has 0 saturated carbocycles. The predicted molar refractivity (Wildman–Crippen MR) is 100 cm³/mol. The van der Waals surface area contributed by atoms with Gasteiger partial charge in [0.25, 0.3) is 0 Å². The number of pyridine rings is 1. The molecule has 1 aromatic heterocycles. The van der Waals surface area contributed by atoms with Crippen LogP contribution in [0.4, 0.5) is 5.69 Å². The van der Waals surface area contributed by atoms with Gasteiger partial charge in [0, 0.05) is 23.3 Å². The first-order valence-corrected chi connectivity index (χ1v) is 8.16. The normalized spacial score (nSPS) is 10.5. The molecule has 0 aliphatic heterocycles. The number of methoxy groups -OCH3 is 2. The minimum atomic E-state index is 0.555. The molecule has 2 aromatic carbocycles. The van der Waals surface area contributed by atoms with E-state index in [1.165, 1.54) is 0 Å². The largest absolute Gasteiger partial charge is 0.497 e. The van der Waals surface area contributed by atoms with Gasteiger partial charge < -0.3 is 19.5 Å². The van der Waals surface area contributed by atoms with E-state index < -0.39 is 0 Å². The average molecular weight is 338 g/mol. The Labute approximate surface area is 147 Å². The third-order valence-corrected chi connectivity index (χ3v) is 3.90. The summed E-state index contributed by atoms with van der Waals surface area (Å²) < 4.78 is 16.3. The van der Waals surface area contributed by atoms with Gasteiger partial charge in [-0.3, -0.25) is 0 Å². The molecule has 0 radical (unpaired) electrons. The molecule has 1 N–H and O–H groups in total. The Kier molecular flexibility index (Phi) is 5.23. The molecule has 3 rings (SSSR count). The minimum absolute atomic E-state index is 0.555. The Hall–Kier alpha value is -2.95. The lowest BCUT2D eigenvalue weighted by Gasteiger charge is -2.13. The second-order valence-corrected chi connectivity index (χ2v) is 5.62. The Bertz CT molecular complexity index is 847. The maximum Gasteiger partial charge on any atom is 0.145 e. The zero-order valence-corrected chi connectivity index (χ0v) is 14.7. The van der Waals surface area contributed by atoms with Gasteiger partial charge in [0.1, 0.15) is 29.4 Å². The smallest absolute Gasteiger partial charge is 0.145 e. The number of anilines is 1. The van der Waals surface area contributed by atoms with Crippen LogP contribution >= 0.6 is 0 Å². The maximum absolute atomic E-state index is 5.76. The number of ether oxygens (including phenoxy) is 3. The van der Waals surface area contributed by atoms with E-state index in [-0.39, 0.29) is 0 Å². The van der Waals surface area contributed by atoms with Crippen molar-refractivity contribution < 1.29 is 14.2 Å². The summed E-state index contributed by atoms with van der Waals surface area (Å²) in [6.07, 6.45) is 0. The minimum Gasteiger partial charge on any atom is -0.497 e. The van der Waals surface area contributed by atoms with E-state index in [2.05, 4.69) is 10.3 Å². The van der Waals surface area contributed by atoms with E-state index in [0.717, 1.165) is 39.5 Å². The van der Waals surface area contributed by atoms with Crippen LogP contribution in [0.3, 0.4) is 0 Å². The molecular formula is C20H22N2O3. The lowest BCUT2D eigenvalue weighted by molar-refractivity contribution is 0.332. The van der Waals surface area contributed by atoms with Crippen LogP contribution in [0, 0.1) is 6.92 Å². The molecular weight excluding hydrogens is 316 g/mol. The van der Waals surface area contributed by atoms with E-state index >= 15 is 0 Å². The SMILES string of the molecule is COc1ccc(OCCNc2cc(C)nc3c(OC)cccc23)cc1. The van der Waals surface area contributed by atoms with E-state index in [1.807, 2.05) is 55.5 Å². The first kappa shape index (κ1) is 16.9. The number of nitrogens with one attached hydrogen (secondary N) is 1. The standard InChI is InChI=1S/C20H22N2O3/c1-14-13-18(17-5-4-6-19(24-3)20(17)22-14)21-11-12-25-16-9-7-15(23-2)8-10-16/h4-10,13H,11-12H2,1-3H3,(H,21,22). The number of fused-ring (bicyclic) bond motifs is 1. The molecule has 0 amide bonds. The van der Waals surface area contributed by atoms with Gasteiger partial charge >= 0.3 is 0 Å². The zero-order valence-electron chi connectivity index (χ0n) is 14.7. The van der Waals surface area contributed by atoms with Gasteiger partial charge in [-0.25, -0.2) is 4.98 Å². The molecule has 0 aliphatic carbocycles. The van der Waals surface area contributed by atoms with Crippen LogP contribution in [0.5, 0.6) is 17.2 Å². The van der Waals surface area contributed by atoms with Crippen molar-refractivity contribution in [2.75, 3.05) is 32.7 Å². The molecule has 130 valence electrons. The van der Waals surface area contributed by atoms with Crippen molar-refractivity contribution in [2.45, 2.75) is 6.92 Å². The van der Waals surface area contributed by atoms with Crippen molar-refractivity contribution in [3.05, 3.63) is 54.2 Å². The third-order valence-electron chi connectivity index (χ3n) is 3.90. The van der Waals surface area contributed by atoms with Gasteiger partial charge in [0.15, 0.2) is 0 Å². The van der Waals surface area contributed by atoms with Crippen molar-refractivity contribution >= 4 is 16.6 Å². The Morgan fingerprint density at radius 1 is 0.960 bits per heavy atom. The summed E-state index contributed by atoms with van der Waals surface area (Å²) in [6.45, 7) is 3.21. The first-order chi connectivity index (χ1) is 12.2. The highest BCUT2D eigenvalue weighted by molar-refractivity contribution is 5.95. The number of hydrogen-bond donors (Lipinski definition) is 1. The van der Waals surface area contributed by atoms with Crippen molar-refractivity contribution in [3.8, 4) is 17.2 Å². The zero-order chi connectivity index (χ0) is 17.6. The number of hydrogen-bond acceptors (Lipinski definition) is 5. The topological polar surface area (TPSA) is 52.6 Å². The van der Waals surface area contributed by atoms with Gasteiger partial charge in [-0.1, -0.05) is 12.1 Å². The third kappa shape index (κ3) is 3.94. The molecule has 0 bridgehead atoms. The highest BCUT2D eigenvalue weighted by atomic mass is 16.5. The number of aromatic nitrogens is 1. The number of nitrogens with zero attached hydrogens (tertiary/aromatic N) is 1. The predicted octanol–water partition coefficient (Wildman–Crippen LogP) is 4.05. The molecule has 3 aromatic rings. The quantitative estimate of drug-likeness (QED) is 0.659.